The van der Waals surface area contributed by atoms with Crippen molar-refractivity contribution in [1.29, 1.82) is 0 Å². The molecule has 9 nitrogen and oxygen atoms in total. The van der Waals surface area contributed by atoms with Crippen LogP contribution < -0.4 is 10.2 Å². The van der Waals surface area contributed by atoms with Crippen molar-refractivity contribution in [3.8, 4) is 5.75 Å². The molecule has 0 bridgehead atoms. The fourth-order valence-electron chi connectivity index (χ4n) is 4.55. The number of carboxylic acids is 1. The number of nitrogens with one attached hydrogen (secondary N) is 1. The van der Waals surface area contributed by atoms with E-state index in [0.29, 0.717) is 42.3 Å². The van der Waals surface area contributed by atoms with E-state index in [1.807, 2.05) is 49.4 Å². The average molecular weight is 502 g/mol. The first kappa shape index (κ1) is 24.5. The number of aryl methyl sites for hydroxylation is 1. The van der Waals surface area contributed by atoms with E-state index in [1.54, 1.807) is 17.2 Å². The molecule has 0 radical (unpaired) electrons. The molecule has 37 heavy (non-hydrogen) atoms. The number of hydrogen-bond donors (Lipinski definition) is 2. The van der Waals surface area contributed by atoms with E-state index < -0.39 is 11.7 Å². The Kier molecular flexibility index (Phi) is 6.64. The zero-order valence-corrected chi connectivity index (χ0v) is 20.6. The predicted octanol–water partition coefficient (Wildman–Crippen LogP) is 5.12. The van der Waals surface area contributed by atoms with Crippen LogP contribution in [0.4, 0.5) is 11.7 Å². The highest BCUT2D eigenvalue weighted by atomic mass is 16.7. The van der Waals surface area contributed by atoms with Gasteiger partial charge in [-0.1, -0.05) is 24.3 Å². The van der Waals surface area contributed by atoms with Gasteiger partial charge in [-0.2, -0.15) is 4.98 Å². The van der Waals surface area contributed by atoms with Gasteiger partial charge in [-0.3, -0.25) is 4.79 Å². The van der Waals surface area contributed by atoms with E-state index in [0.717, 1.165) is 16.8 Å². The van der Waals surface area contributed by atoms with Crippen LogP contribution in [0.25, 0.3) is 11.1 Å². The van der Waals surface area contributed by atoms with Gasteiger partial charge in [0, 0.05) is 32.2 Å². The molecule has 5 rings (SSSR count). The number of fused-ring (bicyclic) bond motifs is 1. The third-order valence-electron chi connectivity index (χ3n) is 6.57. The summed E-state index contributed by atoms with van der Waals surface area (Å²) in [6.07, 6.45) is 1.30. The van der Waals surface area contributed by atoms with Gasteiger partial charge >= 0.3 is 5.97 Å². The number of benzene rings is 3. The van der Waals surface area contributed by atoms with Gasteiger partial charge in [0.05, 0.1) is 5.56 Å². The van der Waals surface area contributed by atoms with E-state index in [1.165, 1.54) is 19.2 Å². The Morgan fingerprint density at radius 3 is 2.65 bits per heavy atom. The van der Waals surface area contributed by atoms with Crippen molar-refractivity contribution in [2.75, 3.05) is 19.0 Å². The maximum absolute atomic E-state index is 13.5. The number of aromatic carboxylic acids is 1. The Morgan fingerprint density at radius 1 is 1.14 bits per heavy atom. The lowest BCUT2D eigenvalue weighted by atomic mass is 9.98. The lowest BCUT2D eigenvalue weighted by Crippen LogP contribution is -2.54. The molecular formula is C28H27N3O6. The Bertz CT molecular complexity index is 1450. The molecule has 1 aliphatic rings. The first-order valence-electron chi connectivity index (χ1n) is 12.0. The maximum Gasteiger partial charge on any atom is 0.335 e. The summed E-state index contributed by atoms with van der Waals surface area (Å²) in [6.45, 7) is 2.50. The Morgan fingerprint density at radius 2 is 1.92 bits per heavy atom. The van der Waals surface area contributed by atoms with Gasteiger partial charge in [0.2, 0.25) is 5.72 Å². The lowest BCUT2D eigenvalue weighted by molar-refractivity contribution is -0.225. The first-order chi connectivity index (χ1) is 17.9. The number of carboxylic acid groups (broad SMARTS) is 1. The highest BCUT2D eigenvalue weighted by Crippen LogP contribution is 2.34. The molecule has 1 aliphatic heterocycles. The smallest absolute Gasteiger partial charge is 0.335 e. The number of rotatable bonds is 9. The normalized spacial score (nSPS) is 17.7. The number of ketones is 1. The molecule has 0 saturated carbocycles. The van der Waals surface area contributed by atoms with Gasteiger partial charge < -0.3 is 24.4 Å². The first-order valence-corrected chi connectivity index (χ1v) is 12.0. The van der Waals surface area contributed by atoms with Crippen molar-refractivity contribution in [1.82, 2.24) is 10.0 Å². The minimum absolute atomic E-state index is 0.114. The number of nitrogens with zero attached hydrogens (tertiary/aromatic N) is 2. The Hall–Kier alpha value is -4.21. The van der Waals surface area contributed by atoms with Crippen molar-refractivity contribution in [3.63, 3.8) is 0 Å². The van der Waals surface area contributed by atoms with Crippen molar-refractivity contribution < 1.29 is 28.7 Å². The summed E-state index contributed by atoms with van der Waals surface area (Å²) < 4.78 is 11.7. The zero-order chi connectivity index (χ0) is 26.0. The van der Waals surface area contributed by atoms with Gasteiger partial charge in [0.1, 0.15) is 11.3 Å². The van der Waals surface area contributed by atoms with Gasteiger partial charge in [-0.15, -0.1) is 5.06 Å². The third-order valence-corrected chi connectivity index (χ3v) is 6.57. The number of para-hydroxylation sites is 1. The van der Waals surface area contributed by atoms with Crippen LogP contribution in [0.1, 0.15) is 34.3 Å². The fourth-order valence-corrected chi connectivity index (χ4v) is 4.55. The molecule has 9 heteroatoms. The number of ether oxygens (including phenoxy) is 1. The number of aromatic nitrogens is 1. The van der Waals surface area contributed by atoms with Crippen LogP contribution in [0.5, 0.6) is 5.75 Å². The van der Waals surface area contributed by atoms with Crippen molar-refractivity contribution >= 4 is 34.6 Å². The summed E-state index contributed by atoms with van der Waals surface area (Å²) in [4.78, 5) is 35.1. The SMILES string of the molecule is COC1(C(=O)Cc2ccc3nc(Nc4ccccc4C)oc3c2)CCCN1Oc1ccc(C(=O)O)cc1. The summed E-state index contributed by atoms with van der Waals surface area (Å²) in [5, 5.41) is 13.9. The molecule has 1 saturated heterocycles. The monoisotopic (exact) mass is 501 g/mol. The molecular weight excluding hydrogens is 474 g/mol. The van der Waals surface area contributed by atoms with E-state index in [-0.39, 0.29) is 17.8 Å². The van der Waals surface area contributed by atoms with Gasteiger partial charge in [-0.25, -0.2) is 4.79 Å². The minimum Gasteiger partial charge on any atom is -0.478 e. The molecule has 1 unspecified atom stereocenters. The summed E-state index contributed by atoms with van der Waals surface area (Å²) in [7, 11) is 1.50. The number of carbonyl (C=O) groups excluding carboxylic acids is 1. The maximum atomic E-state index is 13.5. The number of hydroxylamine groups is 2. The Balaban J connectivity index is 1.32. The van der Waals surface area contributed by atoms with Crippen LogP contribution in [0.3, 0.4) is 0 Å². The van der Waals surface area contributed by atoms with Crippen LogP contribution in [0.2, 0.25) is 0 Å². The van der Waals surface area contributed by atoms with Gasteiger partial charge in [0.25, 0.3) is 6.01 Å². The van der Waals surface area contributed by atoms with Crippen molar-refractivity contribution in [2.45, 2.75) is 31.9 Å². The number of oxazole rings is 1. The largest absolute Gasteiger partial charge is 0.478 e. The average Bonchev–Trinajstić information content (AvgIpc) is 3.49. The van der Waals surface area contributed by atoms with Crippen LogP contribution >= 0.6 is 0 Å². The minimum atomic E-state index is -1.25. The molecule has 190 valence electrons. The molecule has 2 heterocycles. The van der Waals surface area contributed by atoms with E-state index in [2.05, 4.69) is 10.3 Å². The van der Waals surface area contributed by atoms with Crippen molar-refractivity contribution in [3.05, 3.63) is 83.4 Å². The quantitative estimate of drug-likeness (QED) is 0.322. The summed E-state index contributed by atoms with van der Waals surface area (Å²) >= 11 is 0. The second-order valence-corrected chi connectivity index (χ2v) is 8.98. The van der Waals surface area contributed by atoms with Crippen LogP contribution in [-0.4, -0.2) is 46.3 Å². The molecule has 2 N–H and O–H groups in total. The Labute approximate surface area is 213 Å². The van der Waals surface area contributed by atoms with Crippen LogP contribution in [0, 0.1) is 6.92 Å². The summed E-state index contributed by atoms with van der Waals surface area (Å²) in [5.74, 6) is -0.736. The molecule has 0 amide bonds. The highest BCUT2D eigenvalue weighted by molar-refractivity contribution is 5.90. The predicted molar refractivity (Wildman–Crippen MR) is 137 cm³/mol. The van der Waals surface area contributed by atoms with Crippen LogP contribution in [-0.2, 0) is 16.0 Å². The van der Waals surface area contributed by atoms with Crippen LogP contribution in [0.15, 0.2) is 71.1 Å². The highest BCUT2D eigenvalue weighted by Gasteiger charge is 2.49. The molecule has 4 aromatic rings. The third kappa shape index (κ3) is 4.91. The summed E-state index contributed by atoms with van der Waals surface area (Å²) in [5.41, 5.74) is 2.91. The van der Waals surface area contributed by atoms with Gasteiger partial charge in [-0.05, 0) is 66.9 Å². The van der Waals surface area contributed by atoms with E-state index >= 15 is 0 Å². The molecule has 0 spiro atoms. The molecule has 3 aromatic carbocycles. The second-order valence-electron chi connectivity index (χ2n) is 8.98. The number of hydrogen-bond acceptors (Lipinski definition) is 8. The molecule has 1 fully saturated rings. The van der Waals surface area contributed by atoms with Gasteiger partial charge in [0.15, 0.2) is 11.4 Å². The molecule has 0 aliphatic carbocycles. The molecule has 1 atom stereocenters. The fraction of sp³-hybridized carbons (Fsp3) is 0.250. The number of methoxy groups -OCH3 is 1. The number of carbonyl (C=O) groups is 2. The summed E-state index contributed by atoms with van der Waals surface area (Å²) in [6, 6.07) is 19.8. The second kappa shape index (κ2) is 10.0. The number of anilines is 2. The topological polar surface area (TPSA) is 114 Å². The van der Waals surface area contributed by atoms with E-state index in [9.17, 15) is 9.59 Å². The molecule has 1 aromatic heterocycles. The van der Waals surface area contributed by atoms with E-state index in [4.69, 9.17) is 19.1 Å². The lowest BCUT2D eigenvalue weighted by Gasteiger charge is -2.34. The van der Waals surface area contributed by atoms with Crippen molar-refractivity contribution in [2.24, 2.45) is 0 Å². The standard InChI is InChI=1S/C28H27N3O6/c1-18-6-3-4-7-22(18)29-27-30-23-13-8-19(16-24(23)36-27)17-25(32)28(35-2)14-5-15-31(28)37-21-11-9-20(10-12-21)26(33)34/h3-4,6-13,16H,5,14-15,17H2,1-2H3,(H,29,30)(H,33,34). The zero-order valence-electron chi connectivity index (χ0n) is 20.6. The number of Topliss-reactive ketones (excluding diaryl/α,β-unsaturated/α-hetero) is 1.